The molecule has 0 aliphatic heterocycles. The van der Waals surface area contributed by atoms with E-state index in [9.17, 15) is 9.90 Å². The molecule has 0 aliphatic carbocycles. The number of phenolic OH excluding ortho intramolecular Hbond substituents is 1. The number of rotatable bonds is 4. The molecule has 2 N–H and O–H groups in total. The fourth-order valence-corrected chi connectivity index (χ4v) is 2.31. The van der Waals surface area contributed by atoms with E-state index in [4.69, 9.17) is 20.9 Å². The Morgan fingerprint density at radius 3 is 2.83 bits per heavy atom. The maximum Gasteiger partial charge on any atom is 0.277 e. The summed E-state index contributed by atoms with van der Waals surface area (Å²) in [7, 11) is 1.50. The number of carbonyl (C=O) groups is 1. The van der Waals surface area contributed by atoms with Gasteiger partial charge >= 0.3 is 0 Å². The first kappa shape index (κ1) is 15.9. The summed E-state index contributed by atoms with van der Waals surface area (Å²) in [4.78, 5) is 12.3. The van der Waals surface area contributed by atoms with Gasteiger partial charge in [0.1, 0.15) is 11.5 Å². The molecule has 1 aromatic heterocycles. The predicted molar refractivity (Wildman–Crippen MR) is 89.6 cm³/mol. The molecule has 0 fully saturated rings. The van der Waals surface area contributed by atoms with Gasteiger partial charge in [-0.3, -0.25) is 4.79 Å². The second kappa shape index (κ2) is 6.64. The molecule has 6 nitrogen and oxygen atoms in total. The highest BCUT2D eigenvalue weighted by Crippen LogP contribution is 2.29. The summed E-state index contributed by atoms with van der Waals surface area (Å²) < 4.78 is 10.3. The van der Waals surface area contributed by atoms with Crippen LogP contribution < -0.4 is 10.1 Å². The molecule has 0 aliphatic rings. The van der Waals surface area contributed by atoms with Crippen LogP contribution in [-0.4, -0.2) is 23.3 Å². The molecule has 122 valence electrons. The Labute approximate surface area is 142 Å². The Morgan fingerprint density at radius 1 is 1.25 bits per heavy atom. The molecular weight excluding hydrogens is 332 g/mol. The van der Waals surface area contributed by atoms with E-state index in [-0.39, 0.29) is 11.4 Å². The molecular formula is C17H13ClN2O4. The van der Waals surface area contributed by atoms with E-state index in [0.29, 0.717) is 27.8 Å². The van der Waals surface area contributed by atoms with Gasteiger partial charge in [-0.05, 0) is 30.3 Å². The quantitative estimate of drug-likeness (QED) is 0.748. The number of carbonyl (C=O) groups excluding carboxylic acids is 1. The van der Waals surface area contributed by atoms with Gasteiger partial charge in [0, 0.05) is 16.7 Å². The van der Waals surface area contributed by atoms with E-state index in [2.05, 4.69) is 10.5 Å². The van der Waals surface area contributed by atoms with E-state index in [1.807, 2.05) is 0 Å². The lowest BCUT2D eigenvalue weighted by Gasteiger charge is -2.09. The number of aromatic nitrogens is 1. The first-order valence-electron chi connectivity index (χ1n) is 6.98. The van der Waals surface area contributed by atoms with Crippen molar-refractivity contribution in [2.24, 2.45) is 0 Å². The highest BCUT2D eigenvalue weighted by atomic mass is 35.5. The number of amides is 1. The van der Waals surface area contributed by atoms with Crippen LogP contribution >= 0.6 is 11.6 Å². The van der Waals surface area contributed by atoms with Gasteiger partial charge in [-0.15, -0.1) is 0 Å². The molecule has 0 saturated carbocycles. The van der Waals surface area contributed by atoms with E-state index < -0.39 is 5.91 Å². The fraction of sp³-hybridized carbons (Fsp3) is 0.0588. The van der Waals surface area contributed by atoms with Crippen molar-refractivity contribution in [3.63, 3.8) is 0 Å². The average Bonchev–Trinajstić information content (AvgIpc) is 3.05. The topological polar surface area (TPSA) is 84.6 Å². The number of benzene rings is 2. The van der Waals surface area contributed by atoms with Crippen molar-refractivity contribution < 1.29 is 19.2 Å². The minimum absolute atomic E-state index is 0.0929. The van der Waals surface area contributed by atoms with Gasteiger partial charge in [-0.1, -0.05) is 28.9 Å². The van der Waals surface area contributed by atoms with Crippen LogP contribution in [-0.2, 0) is 0 Å². The number of phenols is 1. The van der Waals surface area contributed by atoms with Gasteiger partial charge in [-0.2, -0.15) is 0 Å². The van der Waals surface area contributed by atoms with E-state index in [1.165, 1.54) is 19.2 Å². The van der Waals surface area contributed by atoms with Crippen LogP contribution in [0, 0.1) is 0 Å². The largest absolute Gasteiger partial charge is 0.508 e. The SMILES string of the molecule is COc1ccc(Cl)cc1NC(=O)c1cc(-c2cccc(O)c2)on1. The zero-order valence-corrected chi connectivity index (χ0v) is 13.4. The Balaban J connectivity index is 1.83. The van der Waals surface area contributed by atoms with Crippen molar-refractivity contribution in [1.82, 2.24) is 5.16 Å². The van der Waals surface area contributed by atoms with Crippen LogP contribution in [0.2, 0.25) is 5.02 Å². The number of hydrogen-bond donors (Lipinski definition) is 2. The summed E-state index contributed by atoms with van der Waals surface area (Å²) in [6, 6.07) is 12.8. The maximum absolute atomic E-state index is 12.3. The lowest BCUT2D eigenvalue weighted by atomic mass is 10.1. The summed E-state index contributed by atoms with van der Waals surface area (Å²) in [5.41, 5.74) is 1.13. The lowest BCUT2D eigenvalue weighted by molar-refractivity contribution is 0.101. The van der Waals surface area contributed by atoms with Crippen molar-refractivity contribution in [1.29, 1.82) is 0 Å². The highest BCUT2D eigenvalue weighted by Gasteiger charge is 2.16. The molecule has 3 rings (SSSR count). The third-order valence-corrected chi connectivity index (χ3v) is 3.52. The molecule has 3 aromatic rings. The third kappa shape index (κ3) is 3.33. The molecule has 0 radical (unpaired) electrons. The summed E-state index contributed by atoms with van der Waals surface area (Å²) in [6.07, 6.45) is 0. The first-order valence-corrected chi connectivity index (χ1v) is 7.35. The number of aromatic hydroxyl groups is 1. The molecule has 7 heteroatoms. The van der Waals surface area contributed by atoms with Crippen molar-refractivity contribution in [2.45, 2.75) is 0 Å². The monoisotopic (exact) mass is 344 g/mol. The summed E-state index contributed by atoms with van der Waals surface area (Å²) >= 11 is 5.94. The van der Waals surface area contributed by atoms with Crippen molar-refractivity contribution in [3.8, 4) is 22.8 Å². The van der Waals surface area contributed by atoms with Crippen LogP contribution in [0.4, 0.5) is 5.69 Å². The summed E-state index contributed by atoms with van der Waals surface area (Å²) in [5, 5.41) is 16.4. The predicted octanol–water partition coefficient (Wildman–Crippen LogP) is 3.96. The number of methoxy groups -OCH3 is 1. The Bertz CT molecular complexity index is 892. The molecule has 0 unspecified atom stereocenters. The molecule has 1 amide bonds. The molecule has 0 atom stereocenters. The second-order valence-electron chi connectivity index (χ2n) is 4.93. The number of anilines is 1. The van der Waals surface area contributed by atoms with Crippen molar-refractivity contribution in [2.75, 3.05) is 12.4 Å². The number of hydrogen-bond acceptors (Lipinski definition) is 5. The molecule has 0 bridgehead atoms. The standard InChI is InChI=1S/C17H13ClN2O4/c1-23-15-6-5-11(18)8-13(15)19-17(22)14-9-16(24-20-14)10-3-2-4-12(21)7-10/h2-9,21H,1H3,(H,19,22). The number of ether oxygens (including phenoxy) is 1. The number of nitrogens with one attached hydrogen (secondary N) is 1. The summed E-state index contributed by atoms with van der Waals surface area (Å²) in [5.74, 6) is 0.475. The van der Waals surface area contributed by atoms with Gasteiger partial charge in [-0.25, -0.2) is 0 Å². The molecule has 1 heterocycles. The molecule has 2 aromatic carbocycles. The van der Waals surface area contributed by atoms with E-state index in [0.717, 1.165) is 0 Å². The van der Waals surface area contributed by atoms with E-state index in [1.54, 1.807) is 36.4 Å². The van der Waals surface area contributed by atoms with E-state index >= 15 is 0 Å². The lowest BCUT2D eigenvalue weighted by Crippen LogP contribution is -2.12. The van der Waals surface area contributed by atoms with Gasteiger partial charge in [0.15, 0.2) is 11.5 Å². The normalized spacial score (nSPS) is 10.4. The van der Waals surface area contributed by atoms with Crippen LogP contribution in [0.5, 0.6) is 11.5 Å². The fourth-order valence-electron chi connectivity index (χ4n) is 2.14. The van der Waals surface area contributed by atoms with Gasteiger partial charge in [0.05, 0.1) is 12.8 Å². The molecule has 0 spiro atoms. The molecule has 0 saturated heterocycles. The smallest absolute Gasteiger partial charge is 0.277 e. The van der Waals surface area contributed by atoms with Crippen molar-refractivity contribution >= 4 is 23.2 Å². The highest BCUT2D eigenvalue weighted by molar-refractivity contribution is 6.31. The average molecular weight is 345 g/mol. The minimum atomic E-state index is -0.467. The van der Waals surface area contributed by atoms with Gasteiger partial charge < -0.3 is 19.7 Å². The van der Waals surface area contributed by atoms with Crippen LogP contribution in [0.25, 0.3) is 11.3 Å². The van der Waals surface area contributed by atoms with Crippen LogP contribution in [0.15, 0.2) is 53.1 Å². The summed E-state index contributed by atoms with van der Waals surface area (Å²) in [6.45, 7) is 0. The minimum Gasteiger partial charge on any atom is -0.508 e. The van der Waals surface area contributed by atoms with Crippen LogP contribution in [0.1, 0.15) is 10.5 Å². The van der Waals surface area contributed by atoms with Gasteiger partial charge in [0.2, 0.25) is 0 Å². The first-order chi connectivity index (χ1) is 11.6. The molecule has 24 heavy (non-hydrogen) atoms. The Hall–Kier alpha value is -2.99. The Kier molecular flexibility index (Phi) is 4.39. The zero-order valence-electron chi connectivity index (χ0n) is 12.6. The number of nitrogens with zero attached hydrogens (tertiary/aromatic N) is 1. The zero-order chi connectivity index (χ0) is 17.1. The Morgan fingerprint density at radius 2 is 2.08 bits per heavy atom. The van der Waals surface area contributed by atoms with Crippen LogP contribution in [0.3, 0.4) is 0 Å². The number of halogens is 1. The van der Waals surface area contributed by atoms with Crippen molar-refractivity contribution in [3.05, 3.63) is 59.2 Å². The second-order valence-corrected chi connectivity index (χ2v) is 5.36. The van der Waals surface area contributed by atoms with Gasteiger partial charge in [0.25, 0.3) is 5.91 Å². The maximum atomic E-state index is 12.3. The third-order valence-electron chi connectivity index (χ3n) is 3.28.